The molecular formula is C16H24N4O. The van der Waals surface area contributed by atoms with Crippen LogP contribution in [0.4, 0.5) is 0 Å². The molecule has 1 N–H and O–H groups in total. The van der Waals surface area contributed by atoms with E-state index >= 15 is 0 Å². The highest BCUT2D eigenvalue weighted by atomic mass is 16.5. The van der Waals surface area contributed by atoms with Crippen LogP contribution in [0.5, 0.6) is 11.6 Å². The third-order valence-electron chi connectivity index (χ3n) is 3.63. The number of nitrogens with one attached hydrogen (secondary N) is 1. The van der Waals surface area contributed by atoms with Gasteiger partial charge in [-0.1, -0.05) is 6.92 Å². The summed E-state index contributed by atoms with van der Waals surface area (Å²) in [4.78, 5) is 4.57. The Balaban J connectivity index is 2.42. The average Bonchev–Trinajstić information content (AvgIpc) is 2.64. The zero-order valence-corrected chi connectivity index (χ0v) is 13.7. The van der Waals surface area contributed by atoms with Crippen molar-refractivity contribution in [3.8, 4) is 11.6 Å². The molecule has 2 aromatic rings. The van der Waals surface area contributed by atoms with Crippen molar-refractivity contribution in [3.05, 3.63) is 34.3 Å². The van der Waals surface area contributed by atoms with E-state index in [1.165, 1.54) is 5.56 Å². The number of nitrogens with zero attached hydrogens (tertiary/aromatic N) is 3. The zero-order valence-electron chi connectivity index (χ0n) is 13.7. The monoisotopic (exact) mass is 288 g/mol. The molecule has 5 nitrogen and oxygen atoms in total. The maximum atomic E-state index is 6.12. The van der Waals surface area contributed by atoms with Gasteiger partial charge in [-0.2, -0.15) is 5.10 Å². The fraction of sp³-hybridized carbons (Fsp3) is 0.500. The van der Waals surface area contributed by atoms with Gasteiger partial charge in [-0.3, -0.25) is 4.68 Å². The summed E-state index contributed by atoms with van der Waals surface area (Å²) < 4.78 is 7.95. The van der Waals surface area contributed by atoms with Crippen LogP contribution in [0.25, 0.3) is 0 Å². The fourth-order valence-electron chi connectivity index (χ4n) is 2.38. The van der Waals surface area contributed by atoms with Gasteiger partial charge in [-0.15, -0.1) is 0 Å². The molecule has 2 heterocycles. The van der Waals surface area contributed by atoms with E-state index in [1.54, 1.807) is 0 Å². The molecule has 0 aliphatic heterocycles. The quantitative estimate of drug-likeness (QED) is 0.919. The lowest BCUT2D eigenvalue weighted by atomic mass is 10.1. The van der Waals surface area contributed by atoms with Gasteiger partial charge in [0.15, 0.2) is 5.75 Å². The second-order valence-electron chi connectivity index (χ2n) is 5.37. The summed E-state index contributed by atoms with van der Waals surface area (Å²) in [6.45, 7) is 11.8. The van der Waals surface area contributed by atoms with E-state index in [4.69, 9.17) is 4.74 Å². The zero-order chi connectivity index (χ0) is 15.6. The summed E-state index contributed by atoms with van der Waals surface area (Å²) in [7, 11) is 1.92. The Morgan fingerprint density at radius 2 is 1.95 bits per heavy atom. The van der Waals surface area contributed by atoms with Crippen molar-refractivity contribution in [2.45, 2.75) is 41.2 Å². The fourth-order valence-corrected chi connectivity index (χ4v) is 2.38. The van der Waals surface area contributed by atoms with Gasteiger partial charge in [0.05, 0.1) is 5.69 Å². The summed E-state index contributed by atoms with van der Waals surface area (Å²) in [5.41, 5.74) is 5.14. The van der Waals surface area contributed by atoms with Gasteiger partial charge < -0.3 is 10.1 Å². The maximum Gasteiger partial charge on any atom is 0.224 e. The van der Waals surface area contributed by atoms with E-state index in [1.807, 2.05) is 32.5 Å². The van der Waals surface area contributed by atoms with Crippen LogP contribution in [0.3, 0.4) is 0 Å². The SMILES string of the molecule is CCNCc1c(C)cc(C)nc1Oc1c(C)nn(C)c1C. The van der Waals surface area contributed by atoms with Crippen LogP contribution in [0.1, 0.15) is 35.1 Å². The Morgan fingerprint density at radius 1 is 1.24 bits per heavy atom. The molecule has 0 aliphatic carbocycles. The Morgan fingerprint density at radius 3 is 2.52 bits per heavy atom. The largest absolute Gasteiger partial charge is 0.435 e. The summed E-state index contributed by atoms with van der Waals surface area (Å²) >= 11 is 0. The molecule has 0 unspecified atom stereocenters. The van der Waals surface area contributed by atoms with E-state index in [-0.39, 0.29) is 0 Å². The van der Waals surface area contributed by atoms with Gasteiger partial charge in [-0.05, 0) is 45.9 Å². The first-order chi connectivity index (χ1) is 9.93. The lowest BCUT2D eigenvalue weighted by Crippen LogP contribution is -2.14. The predicted molar refractivity (Wildman–Crippen MR) is 83.8 cm³/mol. The molecule has 0 spiro atoms. The van der Waals surface area contributed by atoms with Crippen LogP contribution in [0, 0.1) is 27.7 Å². The normalized spacial score (nSPS) is 11.0. The summed E-state index contributed by atoms with van der Waals surface area (Å²) in [5.74, 6) is 1.47. The topological polar surface area (TPSA) is 52.0 Å². The van der Waals surface area contributed by atoms with Crippen molar-refractivity contribution in [2.24, 2.45) is 7.05 Å². The first-order valence-electron chi connectivity index (χ1n) is 7.30. The number of hydrogen-bond acceptors (Lipinski definition) is 4. The van der Waals surface area contributed by atoms with E-state index in [2.05, 4.69) is 35.3 Å². The number of aromatic nitrogens is 3. The molecule has 0 aliphatic rings. The van der Waals surface area contributed by atoms with E-state index in [0.717, 1.165) is 41.5 Å². The Kier molecular flexibility index (Phi) is 4.63. The third kappa shape index (κ3) is 3.24. The highest BCUT2D eigenvalue weighted by Crippen LogP contribution is 2.30. The van der Waals surface area contributed by atoms with Gasteiger partial charge in [-0.25, -0.2) is 4.98 Å². The molecule has 0 saturated heterocycles. The van der Waals surface area contributed by atoms with Crippen LogP contribution in [0.15, 0.2) is 6.07 Å². The Labute approximate surface area is 126 Å². The molecule has 0 bridgehead atoms. The molecule has 2 aromatic heterocycles. The standard InChI is InChI=1S/C16H24N4O/c1-7-17-9-14-10(2)8-11(3)18-16(14)21-15-12(4)19-20(6)13(15)5/h8,17H,7,9H2,1-6H3. The smallest absolute Gasteiger partial charge is 0.224 e. The molecule has 0 radical (unpaired) electrons. The number of pyridine rings is 1. The molecule has 21 heavy (non-hydrogen) atoms. The van der Waals surface area contributed by atoms with Crippen LogP contribution < -0.4 is 10.1 Å². The average molecular weight is 288 g/mol. The van der Waals surface area contributed by atoms with Gasteiger partial charge >= 0.3 is 0 Å². The first kappa shape index (κ1) is 15.5. The van der Waals surface area contributed by atoms with Crippen molar-refractivity contribution in [1.29, 1.82) is 0 Å². The minimum Gasteiger partial charge on any atom is -0.435 e. The van der Waals surface area contributed by atoms with Gasteiger partial charge in [0, 0.05) is 24.8 Å². The minimum absolute atomic E-state index is 0.674. The van der Waals surface area contributed by atoms with Crippen LogP contribution >= 0.6 is 0 Å². The van der Waals surface area contributed by atoms with Crippen molar-refractivity contribution in [1.82, 2.24) is 20.1 Å². The van der Waals surface area contributed by atoms with E-state index < -0.39 is 0 Å². The highest BCUT2D eigenvalue weighted by molar-refractivity contribution is 5.41. The summed E-state index contributed by atoms with van der Waals surface area (Å²) in [6.07, 6.45) is 0. The number of rotatable bonds is 5. The second-order valence-corrected chi connectivity index (χ2v) is 5.37. The van der Waals surface area contributed by atoms with Gasteiger partial charge in [0.25, 0.3) is 0 Å². The summed E-state index contributed by atoms with van der Waals surface area (Å²) in [6, 6.07) is 2.09. The molecule has 5 heteroatoms. The Hall–Kier alpha value is -1.88. The number of aryl methyl sites for hydroxylation is 4. The van der Waals surface area contributed by atoms with Crippen molar-refractivity contribution in [2.75, 3.05) is 6.54 Å². The van der Waals surface area contributed by atoms with Crippen molar-refractivity contribution < 1.29 is 4.74 Å². The lowest BCUT2D eigenvalue weighted by Gasteiger charge is -2.14. The molecular weight excluding hydrogens is 264 g/mol. The molecule has 0 amide bonds. The second kappa shape index (κ2) is 6.26. The third-order valence-corrected chi connectivity index (χ3v) is 3.63. The molecule has 114 valence electrons. The molecule has 0 atom stereocenters. The van der Waals surface area contributed by atoms with Crippen LogP contribution in [0.2, 0.25) is 0 Å². The molecule has 2 rings (SSSR count). The van der Waals surface area contributed by atoms with Crippen LogP contribution in [-0.4, -0.2) is 21.3 Å². The van der Waals surface area contributed by atoms with Crippen LogP contribution in [-0.2, 0) is 13.6 Å². The van der Waals surface area contributed by atoms with E-state index in [0.29, 0.717) is 5.88 Å². The number of ether oxygens (including phenoxy) is 1. The molecule has 0 fully saturated rings. The van der Waals surface area contributed by atoms with Crippen molar-refractivity contribution >= 4 is 0 Å². The summed E-state index contributed by atoms with van der Waals surface area (Å²) in [5, 5.41) is 7.74. The predicted octanol–water partition coefficient (Wildman–Crippen LogP) is 2.95. The minimum atomic E-state index is 0.674. The number of hydrogen-bond donors (Lipinski definition) is 1. The first-order valence-corrected chi connectivity index (χ1v) is 7.30. The molecule has 0 saturated carbocycles. The highest BCUT2D eigenvalue weighted by Gasteiger charge is 2.16. The van der Waals surface area contributed by atoms with Gasteiger partial charge in [0.1, 0.15) is 5.69 Å². The van der Waals surface area contributed by atoms with E-state index in [9.17, 15) is 0 Å². The Bertz CT molecular complexity index is 646. The molecule has 0 aromatic carbocycles. The van der Waals surface area contributed by atoms with Gasteiger partial charge in [0.2, 0.25) is 5.88 Å². The maximum absolute atomic E-state index is 6.12. The van der Waals surface area contributed by atoms with Crippen molar-refractivity contribution in [3.63, 3.8) is 0 Å². The lowest BCUT2D eigenvalue weighted by molar-refractivity contribution is 0.444.